The van der Waals surface area contributed by atoms with E-state index in [0.29, 0.717) is 12.3 Å². The summed E-state index contributed by atoms with van der Waals surface area (Å²) in [6, 6.07) is 1.81. The zero-order valence-corrected chi connectivity index (χ0v) is 9.41. The van der Waals surface area contributed by atoms with Crippen LogP contribution in [0.15, 0.2) is 21.2 Å². The Balaban J connectivity index is 2.67. The van der Waals surface area contributed by atoms with Crippen LogP contribution in [0.1, 0.15) is 18.1 Å². The molecule has 0 amide bonds. The zero-order chi connectivity index (χ0) is 10.6. The van der Waals surface area contributed by atoms with Crippen LogP contribution in [0.5, 0.6) is 0 Å². The first-order valence-electron chi connectivity index (χ1n) is 4.18. The minimum Gasteiger partial charge on any atom is -0.469 e. The van der Waals surface area contributed by atoms with Crippen LogP contribution in [0.4, 0.5) is 0 Å². The van der Waals surface area contributed by atoms with Crippen molar-refractivity contribution in [3.63, 3.8) is 0 Å². The number of furan rings is 1. The Kier molecular flexibility index (Phi) is 4.16. The fourth-order valence-corrected chi connectivity index (χ4v) is 1.45. The molecule has 0 aliphatic carbocycles. The van der Waals surface area contributed by atoms with Gasteiger partial charge in [-0.3, -0.25) is 4.79 Å². The summed E-state index contributed by atoms with van der Waals surface area (Å²) in [5.74, 6) is 0.298. The van der Waals surface area contributed by atoms with Gasteiger partial charge in [0.2, 0.25) is 0 Å². The van der Waals surface area contributed by atoms with Gasteiger partial charge in [-0.05, 0) is 22.0 Å². The number of carbonyl (C=O) groups is 1. The van der Waals surface area contributed by atoms with Crippen molar-refractivity contribution in [1.29, 1.82) is 0 Å². The Labute approximate surface area is 90.5 Å². The summed E-state index contributed by atoms with van der Waals surface area (Å²) in [4.78, 5) is 11.0. The van der Waals surface area contributed by atoms with Crippen molar-refractivity contribution in [3.05, 3.63) is 22.6 Å². The number of hydrogen-bond acceptors (Lipinski definition) is 4. The number of rotatable bonds is 4. The van der Waals surface area contributed by atoms with Crippen LogP contribution >= 0.6 is 15.9 Å². The molecule has 1 heterocycles. The third-order valence-corrected chi connectivity index (χ3v) is 2.33. The Morgan fingerprint density at radius 3 is 2.93 bits per heavy atom. The maximum Gasteiger partial charge on any atom is 0.306 e. The molecule has 1 aromatic rings. The number of ether oxygens (including phenoxy) is 1. The summed E-state index contributed by atoms with van der Waals surface area (Å²) < 4.78 is 10.6. The van der Waals surface area contributed by atoms with E-state index in [4.69, 9.17) is 10.2 Å². The minimum atomic E-state index is -0.284. The second-order valence-corrected chi connectivity index (χ2v) is 3.80. The summed E-state index contributed by atoms with van der Waals surface area (Å²) in [7, 11) is 1.36. The molecule has 1 unspecified atom stereocenters. The lowest BCUT2D eigenvalue weighted by molar-refractivity contribution is -0.141. The molecule has 0 aromatic carbocycles. The van der Waals surface area contributed by atoms with Gasteiger partial charge in [-0.15, -0.1) is 0 Å². The molecule has 14 heavy (non-hydrogen) atoms. The summed E-state index contributed by atoms with van der Waals surface area (Å²) in [5.41, 5.74) is 5.53. The van der Waals surface area contributed by atoms with Crippen molar-refractivity contribution in [3.8, 4) is 0 Å². The van der Waals surface area contributed by atoms with Crippen LogP contribution in [-0.2, 0) is 9.53 Å². The van der Waals surface area contributed by atoms with Gasteiger partial charge in [0.25, 0.3) is 0 Å². The van der Waals surface area contributed by atoms with E-state index in [-0.39, 0.29) is 18.3 Å². The standard InChI is InChI=1S/C9H12BrNO3/c1-13-9(12)2-6(4-11)8-3-7(10)5-14-8/h3,5-6H,2,4,11H2,1H3. The zero-order valence-electron chi connectivity index (χ0n) is 7.83. The van der Waals surface area contributed by atoms with Crippen molar-refractivity contribution in [1.82, 2.24) is 0 Å². The van der Waals surface area contributed by atoms with Crippen LogP contribution in [-0.4, -0.2) is 19.6 Å². The molecule has 0 radical (unpaired) electrons. The lowest BCUT2D eigenvalue weighted by atomic mass is 10.0. The molecule has 0 saturated heterocycles. The number of hydrogen-bond donors (Lipinski definition) is 1. The number of nitrogens with two attached hydrogens (primary N) is 1. The second-order valence-electron chi connectivity index (χ2n) is 2.88. The fourth-order valence-electron chi connectivity index (χ4n) is 1.13. The molecule has 0 fully saturated rings. The summed E-state index contributed by atoms with van der Waals surface area (Å²) >= 11 is 3.26. The number of halogens is 1. The van der Waals surface area contributed by atoms with E-state index >= 15 is 0 Å². The number of esters is 1. The van der Waals surface area contributed by atoms with Crippen molar-refractivity contribution in [2.75, 3.05) is 13.7 Å². The summed E-state index contributed by atoms with van der Waals surface area (Å²) in [5, 5.41) is 0. The quantitative estimate of drug-likeness (QED) is 0.838. The van der Waals surface area contributed by atoms with Gasteiger partial charge < -0.3 is 14.9 Å². The first-order chi connectivity index (χ1) is 6.67. The maximum absolute atomic E-state index is 11.0. The highest BCUT2D eigenvalue weighted by molar-refractivity contribution is 9.10. The van der Waals surface area contributed by atoms with Gasteiger partial charge in [0.1, 0.15) is 12.0 Å². The summed E-state index contributed by atoms with van der Waals surface area (Å²) in [6.45, 7) is 0.356. The van der Waals surface area contributed by atoms with Crippen molar-refractivity contribution < 1.29 is 13.9 Å². The van der Waals surface area contributed by atoms with Crippen molar-refractivity contribution in [2.24, 2.45) is 5.73 Å². The van der Waals surface area contributed by atoms with E-state index in [1.807, 2.05) is 0 Å². The fraction of sp³-hybridized carbons (Fsp3) is 0.444. The molecule has 0 spiro atoms. The SMILES string of the molecule is COC(=O)CC(CN)c1cc(Br)co1. The van der Waals surface area contributed by atoms with E-state index < -0.39 is 0 Å². The molecule has 1 aromatic heterocycles. The normalized spacial score (nSPS) is 12.5. The second kappa shape index (κ2) is 5.17. The van der Waals surface area contributed by atoms with Crippen LogP contribution in [0.3, 0.4) is 0 Å². The van der Waals surface area contributed by atoms with Gasteiger partial charge in [0.15, 0.2) is 0 Å². The van der Waals surface area contributed by atoms with Crippen LogP contribution in [0.25, 0.3) is 0 Å². The first-order valence-corrected chi connectivity index (χ1v) is 4.97. The van der Waals surface area contributed by atoms with Gasteiger partial charge >= 0.3 is 5.97 Å². The van der Waals surface area contributed by atoms with Crippen LogP contribution in [0, 0.1) is 0 Å². The summed E-state index contributed by atoms with van der Waals surface area (Å²) in [6.07, 6.45) is 1.81. The highest BCUT2D eigenvalue weighted by Gasteiger charge is 2.18. The Hall–Kier alpha value is -0.810. The topological polar surface area (TPSA) is 65.5 Å². The van der Waals surface area contributed by atoms with Gasteiger partial charge in [0, 0.05) is 12.5 Å². The average molecular weight is 262 g/mol. The van der Waals surface area contributed by atoms with Crippen LogP contribution in [0.2, 0.25) is 0 Å². The smallest absolute Gasteiger partial charge is 0.306 e. The molecule has 0 aliphatic heterocycles. The Morgan fingerprint density at radius 1 is 1.79 bits per heavy atom. The molecule has 2 N–H and O–H groups in total. The van der Waals surface area contributed by atoms with E-state index in [1.165, 1.54) is 7.11 Å². The Bertz CT molecular complexity index is 311. The van der Waals surface area contributed by atoms with Gasteiger partial charge in [0.05, 0.1) is 18.0 Å². The molecule has 0 saturated carbocycles. The first kappa shape index (κ1) is 11.3. The molecule has 1 atom stereocenters. The average Bonchev–Trinajstić information content (AvgIpc) is 2.60. The molecule has 78 valence electrons. The van der Waals surface area contributed by atoms with Gasteiger partial charge in [-0.2, -0.15) is 0 Å². The Morgan fingerprint density at radius 2 is 2.50 bits per heavy atom. The molecule has 4 nitrogen and oxygen atoms in total. The lowest BCUT2D eigenvalue weighted by Gasteiger charge is -2.09. The van der Waals surface area contributed by atoms with E-state index in [2.05, 4.69) is 20.7 Å². The minimum absolute atomic E-state index is 0.117. The van der Waals surface area contributed by atoms with E-state index in [0.717, 1.165) is 4.47 Å². The van der Waals surface area contributed by atoms with Gasteiger partial charge in [-0.25, -0.2) is 0 Å². The molecule has 1 rings (SSSR count). The molecular weight excluding hydrogens is 250 g/mol. The number of methoxy groups -OCH3 is 1. The van der Waals surface area contributed by atoms with E-state index in [1.54, 1.807) is 12.3 Å². The predicted molar refractivity (Wildman–Crippen MR) is 54.8 cm³/mol. The third-order valence-electron chi connectivity index (χ3n) is 1.92. The number of carbonyl (C=O) groups excluding carboxylic acids is 1. The van der Waals surface area contributed by atoms with Gasteiger partial charge in [-0.1, -0.05) is 0 Å². The molecule has 5 heteroatoms. The largest absolute Gasteiger partial charge is 0.469 e. The van der Waals surface area contributed by atoms with E-state index in [9.17, 15) is 4.79 Å². The molecule has 0 aliphatic rings. The third kappa shape index (κ3) is 2.85. The molecule has 0 bridgehead atoms. The predicted octanol–water partition coefficient (Wildman–Crippen LogP) is 1.65. The van der Waals surface area contributed by atoms with Crippen LogP contribution < -0.4 is 5.73 Å². The monoisotopic (exact) mass is 261 g/mol. The highest BCUT2D eigenvalue weighted by Crippen LogP contribution is 2.24. The lowest BCUT2D eigenvalue weighted by Crippen LogP contribution is -2.16. The molecular formula is C9H12BrNO3. The highest BCUT2D eigenvalue weighted by atomic mass is 79.9. The van der Waals surface area contributed by atoms with Crippen molar-refractivity contribution >= 4 is 21.9 Å². The maximum atomic E-state index is 11.0. The van der Waals surface area contributed by atoms with Crippen molar-refractivity contribution in [2.45, 2.75) is 12.3 Å².